The molecule has 15 heavy (non-hydrogen) atoms. The fourth-order valence-electron chi connectivity index (χ4n) is 2.72. The maximum Gasteiger partial charge on any atom is 0.408 e. The van der Waals surface area contributed by atoms with Crippen LogP contribution in [0.2, 0.25) is 0 Å². The third-order valence-corrected chi connectivity index (χ3v) is 3.55. The van der Waals surface area contributed by atoms with Gasteiger partial charge in [0.25, 0.3) is 0 Å². The fourth-order valence-corrected chi connectivity index (χ4v) is 2.72. The van der Waals surface area contributed by atoms with Crippen molar-refractivity contribution in [3.05, 3.63) is 35.4 Å². The van der Waals surface area contributed by atoms with E-state index in [4.69, 9.17) is 4.74 Å². The smallest absolute Gasteiger partial charge is 0.408 e. The molecule has 1 fully saturated rings. The minimum atomic E-state index is -0.299. The summed E-state index contributed by atoms with van der Waals surface area (Å²) in [5.41, 5.74) is 2.37. The largest absolute Gasteiger partial charge is 0.439 e. The van der Waals surface area contributed by atoms with Crippen LogP contribution in [0.5, 0.6) is 0 Å². The molecule has 0 unspecified atom stereocenters. The second-order valence-electron chi connectivity index (χ2n) is 4.76. The van der Waals surface area contributed by atoms with Crippen LogP contribution in [0.3, 0.4) is 0 Å². The Morgan fingerprint density at radius 2 is 2.07 bits per heavy atom. The van der Waals surface area contributed by atoms with Crippen molar-refractivity contribution >= 4 is 6.09 Å². The van der Waals surface area contributed by atoms with Crippen molar-refractivity contribution in [3.8, 4) is 0 Å². The van der Waals surface area contributed by atoms with Gasteiger partial charge in [-0.15, -0.1) is 0 Å². The van der Waals surface area contributed by atoms with Crippen LogP contribution in [0.4, 0.5) is 4.79 Å². The third-order valence-electron chi connectivity index (χ3n) is 3.55. The summed E-state index contributed by atoms with van der Waals surface area (Å²) >= 11 is 0. The lowest BCUT2D eigenvalue weighted by molar-refractivity contribution is 0.131. The minimum Gasteiger partial charge on any atom is -0.439 e. The molecule has 1 N–H and O–H groups in total. The zero-order valence-electron chi connectivity index (χ0n) is 8.78. The molecular weight excluding hydrogens is 190 g/mol. The first-order valence-electron chi connectivity index (χ1n) is 5.17. The van der Waals surface area contributed by atoms with Crippen molar-refractivity contribution in [1.29, 1.82) is 0 Å². The van der Waals surface area contributed by atoms with Gasteiger partial charge < -0.3 is 10.1 Å². The standard InChI is InChI=1S/C12H13NO2/c1-12(2)8-6-4-3-5-7(8)9-10(12)13-11(14)15-9/h3-6,9-10H,1-2H3,(H,13,14)/t9-,10-/m0/s1. The molecule has 2 aliphatic rings. The van der Waals surface area contributed by atoms with E-state index in [0.29, 0.717) is 0 Å². The number of carbonyl (C=O) groups excluding carboxylic acids is 1. The van der Waals surface area contributed by atoms with Gasteiger partial charge in [-0.25, -0.2) is 4.79 Å². The lowest BCUT2D eigenvalue weighted by Gasteiger charge is -2.25. The zero-order valence-corrected chi connectivity index (χ0v) is 8.78. The normalized spacial score (nSPS) is 30.4. The topological polar surface area (TPSA) is 38.3 Å². The van der Waals surface area contributed by atoms with Crippen LogP contribution in [0.25, 0.3) is 0 Å². The van der Waals surface area contributed by atoms with Crippen molar-refractivity contribution in [3.63, 3.8) is 0 Å². The van der Waals surface area contributed by atoms with E-state index in [0.717, 1.165) is 5.56 Å². The summed E-state index contributed by atoms with van der Waals surface area (Å²) in [7, 11) is 0. The number of hydrogen-bond acceptors (Lipinski definition) is 2. The first-order valence-corrected chi connectivity index (χ1v) is 5.17. The average Bonchev–Trinajstić information content (AvgIpc) is 2.68. The number of carbonyl (C=O) groups is 1. The Morgan fingerprint density at radius 1 is 1.33 bits per heavy atom. The van der Waals surface area contributed by atoms with Gasteiger partial charge in [0.1, 0.15) is 0 Å². The highest BCUT2D eigenvalue weighted by atomic mass is 16.6. The molecular formula is C12H13NO2. The number of benzene rings is 1. The van der Waals surface area contributed by atoms with E-state index in [9.17, 15) is 4.79 Å². The summed E-state index contributed by atoms with van der Waals surface area (Å²) < 4.78 is 5.30. The van der Waals surface area contributed by atoms with E-state index in [1.807, 2.05) is 18.2 Å². The summed E-state index contributed by atoms with van der Waals surface area (Å²) in [5.74, 6) is 0. The van der Waals surface area contributed by atoms with Crippen LogP contribution in [-0.4, -0.2) is 12.1 Å². The van der Waals surface area contributed by atoms with Crippen LogP contribution in [0.15, 0.2) is 24.3 Å². The highest BCUT2D eigenvalue weighted by Gasteiger charge is 2.52. The second kappa shape index (κ2) is 2.54. The quantitative estimate of drug-likeness (QED) is 0.701. The summed E-state index contributed by atoms with van der Waals surface area (Å²) in [6.45, 7) is 4.29. The Kier molecular flexibility index (Phi) is 1.48. The van der Waals surface area contributed by atoms with Crippen molar-refractivity contribution in [1.82, 2.24) is 5.32 Å². The van der Waals surface area contributed by atoms with Crippen molar-refractivity contribution in [2.45, 2.75) is 31.4 Å². The third kappa shape index (κ3) is 0.978. The van der Waals surface area contributed by atoms with Gasteiger partial charge in [0, 0.05) is 5.41 Å². The molecule has 1 aliphatic heterocycles. The average molecular weight is 203 g/mol. The molecule has 3 heteroatoms. The monoisotopic (exact) mass is 203 g/mol. The lowest BCUT2D eigenvalue weighted by atomic mass is 9.83. The number of amides is 1. The molecule has 1 aromatic rings. The molecule has 3 rings (SSSR count). The predicted octanol–water partition coefficient (Wildman–Crippen LogP) is 2.13. The van der Waals surface area contributed by atoms with E-state index in [2.05, 4.69) is 25.2 Å². The number of hydrogen-bond donors (Lipinski definition) is 1. The number of ether oxygens (including phenoxy) is 1. The predicted molar refractivity (Wildman–Crippen MR) is 55.6 cm³/mol. The van der Waals surface area contributed by atoms with Gasteiger partial charge in [0.2, 0.25) is 0 Å². The Hall–Kier alpha value is -1.51. The molecule has 78 valence electrons. The first kappa shape index (κ1) is 8.77. The van der Waals surface area contributed by atoms with E-state index >= 15 is 0 Å². The molecule has 2 atom stereocenters. The van der Waals surface area contributed by atoms with E-state index in [1.165, 1.54) is 5.56 Å². The molecule has 0 spiro atoms. The van der Waals surface area contributed by atoms with E-state index < -0.39 is 0 Å². The highest BCUT2D eigenvalue weighted by Crippen LogP contribution is 2.48. The number of nitrogens with one attached hydrogen (secondary N) is 1. The molecule has 0 aromatic heterocycles. The highest BCUT2D eigenvalue weighted by molar-refractivity contribution is 5.72. The Bertz CT molecular complexity index is 439. The number of alkyl carbamates (subject to hydrolysis) is 1. The zero-order chi connectivity index (χ0) is 10.6. The molecule has 1 amide bonds. The van der Waals surface area contributed by atoms with Gasteiger partial charge in [-0.3, -0.25) is 0 Å². The van der Waals surface area contributed by atoms with Crippen molar-refractivity contribution < 1.29 is 9.53 Å². The Balaban J connectivity index is 2.18. The molecule has 0 bridgehead atoms. The van der Waals surface area contributed by atoms with Gasteiger partial charge in [-0.2, -0.15) is 0 Å². The van der Waals surface area contributed by atoms with Crippen LogP contribution < -0.4 is 5.32 Å². The van der Waals surface area contributed by atoms with Crippen LogP contribution in [-0.2, 0) is 10.2 Å². The van der Waals surface area contributed by atoms with Crippen LogP contribution >= 0.6 is 0 Å². The molecule has 1 aliphatic carbocycles. The second-order valence-corrected chi connectivity index (χ2v) is 4.76. The van der Waals surface area contributed by atoms with Crippen LogP contribution in [0.1, 0.15) is 31.1 Å². The van der Waals surface area contributed by atoms with Gasteiger partial charge in [-0.1, -0.05) is 38.1 Å². The summed E-state index contributed by atoms with van der Waals surface area (Å²) in [6, 6.07) is 8.25. The van der Waals surface area contributed by atoms with Crippen LogP contribution in [0, 0.1) is 0 Å². The maximum absolute atomic E-state index is 11.2. The molecule has 1 aromatic carbocycles. The Labute approximate surface area is 88.4 Å². The minimum absolute atomic E-state index is 0.0482. The first-order chi connectivity index (χ1) is 7.10. The Morgan fingerprint density at radius 3 is 2.87 bits per heavy atom. The van der Waals surface area contributed by atoms with Gasteiger partial charge >= 0.3 is 6.09 Å². The van der Waals surface area contributed by atoms with Crippen molar-refractivity contribution in [2.75, 3.05) is 0 Å². The SMILES string of the molecule is CC1(C)c2ccccc2[C@@H]2OC(=O)N[C@@H]21. The molecule has 0 radical (unpaired) electrons. The summed E-state index contributed by atoms with van der Waals surface area (Å²) in [5, 5.41) is 2.89. The molecule has 1 saturated heterocycles. The van der Waals surface area contributed by atoms with E-state index in [-0.39, 0.29) is 23.7 Å². The van der Waals surface area contributed by atoms with Gasteiger partial charge in [0.15, 0.2) is 6.10 Å². The van der Waals surface area contributed by atoms with E-state index in [1.54, 1.807) is 0 Å². The maximum atomic E-state index is 11.2. The summed E-state index contributed by atoms with van der Waals surface area (Å²) in [6.07, 6.45) is -0.406. The fraction of sp³-hybridized carbons (Fsp3) is 0.417. The van der Waals surface area contributed by atoms with Gasteiger partial charge in [-0.05, 0) is 11.1 Å². The number of fused-ring (bicyclic) bond motifs is 3. The molecule has 0 saturated carbocycles. The molecule has 3 nitrogen and oxygen atoms in total. The summed E-state index contributed by atoms with van der Waals surface area (Å²) in [4.78, 5) is 11.2. The van der Waals surface area contributed by atoms with Gasteiger partial charge in [0.05, 0.1) is 6.04 Å². The molecule has 1 heterocycles. The lowest BCUT2D eigenvalue weighted by Crippen LogP contribution is -2.40. The van der Waals surface area contributed by atoms with Crippen molar-refractivity contribution in [2.24, 2.45) is 0 Å². The number of rotatable bonds is 0.